The number of nitriles is 1. The van der Waals surface area contributed by atoms with Crippen LogP contribution in [0.25, 0.3) is 0 Å². The summed E-state index contributed by atoms with van der Waals surface area (Å²) in [5, 5.41) is 11.7. The van der Waals surface area contributed by atoms with E-state index in [9.17, 15) is 9.59 Å². The highest BCUT2D eigenvalue weighted by Gasteiger charge is 2.24. The van der Waals surface area contributed by atoms with E-state index in [1.54, 1.807) is 28.0 Å². The number of amides is 3. The molecule has 0 aromatic heterocycles. The summed E-state index contributed by atoms with van der Waals surface area (Å²) < 4.78 is 5.56. The Morgan fingerprint density at radius 3 is 2.48 bits per heavy atom. The molecule has 0 radical (unpaired) electrons. The lowest BCUT2D eigenvalue weighted by Crippen LogP contribution is -2.51. The van der Waals surface area contributed by atoms with Crippen LogP contribution < -0.4 is 10.1 Å². The lowest BCUT2D eigenvalue weighted by molar-refractivity contribution is -0.131. The first kappa shape index (κ1) is 18.9. The molecule has 7 nitrogen and oxygen atoms in total. The monoisotopic (exact) mass is 364 g/mol. The number of anilines is 1. The van der Waals surface area contributed by atoms with Crippen molar-refractivity contribution in [2.75, 3.05) is 31.5 Å². The van der Waals surface area contributed by atoms with Crippen LogP contribution in [0, 0.1) is 11.3 Å². The molecule has 1 saturated heterocycles. The summed E-state index contributed by atoms with van der Waals surface area (Å²) in [6.45, 7) is 5.51. The Morgan fingerprint density at radius 1 is 1.28 bits per heavy atom. The average Bonchev–Trinajstić information content (AvgIpc) is 2.57. The van der Waals surface area contributed by atoms with Gasteiger partial charge in [0.15, 0.2) is 0 Å². The molecule has 2 rings (SSSR count). The van der Waals surface area contributed by atoms with Crippen molar-refractivity contribution in [1.82, 2.24) is 9.80 Å². The molecule has 0 aliphatic carbocycles. The van der Waals surface area contributed by atoms with Gasteiger partial charge in [-0.05, 0) is 26.0 Å². The van der Waals surface area contributed by atoms with Crippen LogP contribution in [0.1, 0.15) is 20.3 Å². The third-order valence-corrected chi connectivity index (χ3v) is 4.02. The molecule has 0 saturated carbocycles. The maximum absolute atomic E-state index is 12.4. The number of carbonyl (C=O) groups excluding carboxylic acids is 2. The minimum Gasteiger partial charge on any atom is -0.491 e. The van der Waals surface area contributed by atoms with Gasteiger partial charge in [0.25, 0.3) is 0 Å². The standard InChI is InChI=1S/C17H21ClN4O3/c1-12(2)25-13-3-4-15(14(18)11-13)20-17(24)22-9-7-21(8-10-22)16(23)5-6-19/h3-4,11-12H,5,7-10H2,1-2H3,(H,20,24). The van der Waals surface area contributed by atoms with Crippen LogP contribution in [0.5, 0.6) is 5.75 Å². The first-order valence-electron chi connectivity index (χ1n) is 8.07. The van der Waals surface area contributed by atoms with Crippen molar-refractivity contribution in [3.05, 3.63) is 23.2 Å². The number of rotatable bonds is 4. The van der Waals surface area contributed by atoms with Gasteiger partial charge in [-0.3, -0.25) is 4.79 Å². The van der Waals surface area contributed by atoms with Gasteiger partial charge in [0, 0.05) is 32.2 Å². The quantitative estimate of drug-likeness (QED) is 0.890. The van der Waals surface area contributed by atoms with Gasteiger partial charge in [0.1, 0.15) is 12.2 Å². The van der Waals surface area contributed by atoms with Crippen molar-refractivity contribution in [2.45, 2.75) is 26.4 Å². The number of carbonyl (C=O) groups is 2. The highest BCUT2D eigenvalue weighted by Crippen LogP contribution is 2.27. The van der Waals surface area contributed by atoms with Gasteiger partial charge in [-0.2, -0.15) is 5.26 Å². The fourth-order valence-electron chi connectivity index (χ4n) is 2.48. The maximum Gasteiger partial charge on any atom is 0.322 e. The molecule has 1 aromatic carbocycles. The van der Waals surface area contributed by atoms with Gasteiger partial charge < -0.3 is 19.9 Å². The van der Waals surface area contributed by atoms with E-state index < -0.39 is 0 Å². The number of nitrogens with zero attached hydrogens (tertiary/aromatic N) is 3. The predicted octanol–water partition coefficient (Wildman–Crippen LogP) is 2.72. The van der Waals surface area contributed by atoms with Crippen LogP contribution in [0.4, 0.5) is 10.5 Å². The second kappa shape index (κ2) is 8.58. The lowest BCUT2D eigenvalue weighted by atomic mass is 10.2. The Morgan fingerprint density at radius 2 is 1.92 bits per heavy atom. The number of nitrogens with one attached hydrogen (secondary N) is 1. The number of halogens is 1. The molecule has 1 aliphatic heterocycles. The number of urea groups is 1. The van der Waals surface area contributed by atoms with E-state index >= 15 is 0 Å². The normalized spacial score (nSPS) is 14.2. The van der Waals surface area contributed by atoms with E-state index in [1.165, 1.54) is 0 Å². The largest absolute Gasteiger partial charge is 0.491 e. The van der Waals surface area contributed by atoms with Crippen LogP contribution in [-0.2, 0) is 4.79 Å². The Hall–Kier alpha value is -2.46. The van der Waals surface area contributed by atoms with Gasteiger partial charge in [-0.15, -0.1) is 0 Å². The summed E-state index contributed by atoms with van der Waals surface area (Å²) in [5.41, 5.74) is 0.505. The van der Waals surface area contributed by atoms with Crippen molar-refractivity contribution < 1.29 is 14.3 Å². The summed E-state index contributed by atoms with van der Waals surface area (Å²) in [5.74, 6) is 0.439. The third-order valence-electron chi connectivity index (χ3n) is 3.70. The van der Waals surface area contributed by atoms with E-state index in [2.05, 4.69) is 5.32 Å². The van der Waals surface area contributed by atoms with Crippen molar-refractivity contribution in [3.63, 3.8) is 0 Å². The van der Waals surface area contributed by atoms with Crippen LogP contribution in [0.15, 0.2) is 18.2 Å². The number of benzene rings is 1. The molecule has 25 heavy (non-hydrogen) atoms. The molecule has 1 fully saturated rings. The first-order chi connectivity index (χ1) is 11.9. The summed E-state index contributed by atoms with van der Waals surface area (Å²) in [6.07, 6.45) is -0.0939. The van der Waals surface area contributed by atoms with Crippen LogP contribution >= 0.6 is 11.6 Å². The number of hydrogen-bond donors (Lipinski definition) is 1. The SMILES string of the molecule is CC(C)Oc1ccc(NC(=O)N2CCN(C(=O)CC#N)CC2)c(Cl)c1. The van der Waals surface area contributed by atoms with Crippen molar-refractivity contribution >= 4 is 29.2 Å². The molecule has 1 heterocycles. The second-order valence-electron chi connectivity index (χ2n) is 5.94. The van der Waals surface area contributed by atoms with Crippen LogP contribution in [0.3, 0.4) is 0 Å². The lowest BCUT2D eigenvalue weighted by Gasteiger charge is -2.34. The van der Waals surface area contributed by atoms with Crippen molar-refractivity contribution in [2.24, 2.45) is 0 Å². The molecular formula is C17H21ClN4O3. The van der Waals surface area contributed by atoms with Gasteiger partial charge in [-0.1, -0.05) is 11.6 Å². The summed E-state index contributed by atoms with van der Waals surface area (Å²) >= 11 is 6.20. The fourth-order valence-corrected chi connectivity index (χ4v) is 2.69. The van der Waals surface area contributed by atoms with Crippen LogP contribution in [0.2, 0.25) is 5.02 Å². The molecule has 1 N–H and O–H groups in total. The zero-order chi connectivity index (χ0) is 18.4. The topological polar surface area (TPSA) is 85.7 Å². The molecule has 8 heteroatoms. The van der Waals surface area contributed by atoms with E-state index in [0.29, 0.717) is 42.6 Å². The van der Waals surface area contributed by atoms with Crippen molar-refractivity contribution in [3.8, 4) is 11.8 Å². The second-order valence-corrected chi connectivity index (χ2v) is 6.35. The minimum atomic E-state index is -0.271. The molecule has 0 atom stereocenters. The Bertz CT molecular complexity index is 679. The minimum absolute atomic E-state index is 0.0385. The maximum atomic E-state index is 12.4. The average molecular weight is 365 g/mol. The Balaban J connectivity index is 1.91. The molecule has 134 valence electrons. The van der Waals surface area contributed by atoms with E-state index in [-0.39, 0.29) is 24.5 Å². The molecule has 0 unspecified atom stereocenters. The van der Waals surface area contributed by atoms with Crippen molar-refractivity contribution in [1.29, 1.82) is 5.26 Å². The van der Waals surface area contributed by atoms with E-state index in [1.807, 2.05) is 19.9 Å². The Kier molecular flexibility index (Phi) is 6.48. The van der Waals surface area contributed by atoms with Gasteiger partial charge in [0.05, 0.1) is 22.9 Å². The van der Waals surface area contributed by atoms with E-state index in [0.717, 1.165) is 0 Å². The first-order valence-corrected chi connectivity index (χ1v) is 8.45. The summed E-state index contributed by atoms with van der Waals surface area (Å²) in [6, 6.07) is 6.68. The molecule has 3 amide bonds. The number of ether oxygens (including phenoxy) is 1. The van der Waals surface area contributed by atoms with Gasteiger partial charge >= 0.3 is 6.03 Å². The molecule has 0 bridgehead atoms. The number of hydrogen-bond acceptors (Lipinski definition) is 4. The smallest absolute Gasteiger partial charge is 0.322 e. The predicted molar refractivity (Wildman–Crippen MR) is 94.6 cm³/mol. The zero-order valence-electron chi connectivity index (χ0n) is 14.3. The molecule has 0 spiro atoms. The third kappa shape index (κ3) is 5.26. The highest BCUT2D eigenvalue weighted by atomic mass is 35.5. The van der Waals surface area contributed by atoms with Gasteiger partial charge in [0.2, 0.25) is 5.91 Å². The summed E-state index contributed by atoms with van der Waals surface area (Å²) in [7, 11) is 0. The number of piperazine rings is 1. The van der Waals surface area contributed by atoms with E-state index in [4.69, 9.17) is 21.6 Å². The molecule has 1 aromatic rings. The van der Waals surface area contributed by atoms with Gasteiger partial charge in [-0.25, -0.2) is 4.79 Å². The van der Waals surface area contributed by atoms with Crippen LogP contribution in [-0.4, -0.2) is 54.0 Å². The summed E-state index contributed by atoms with van der Waals surface area (Å²) in [4.78, 5) is 27.2. The molecule has 1 aliphatic rings. The zero-order valence-corrected chi connectivity index (χ0v) is 15.0. The highest BCUT2D eigenvalue weighted by molar-refractivity contribution is 6.33. The molecular weight excluding hydrogens is 344 g/mol. The fraction of sp³-hybridized carbons (Fsp3) is 0.471. The Labute approximate surface area is 152 Å².